The molecule has 4 heteroatoms. The Morgan fingerprint density at radius 3 is 2.46 bits per heavy atom. The van der Waals surface area contributed by atoms with Crippen molar-refractivity contribution in [3.63, 3.8) is 0 Å². The van der Waals surface area contributed by atoms with Gasteiger partial charge in [0.15, 0.2) is 0 Å². The normalized spacial score (nSPS) is 12.8. The average molecular weight is 324 g/mol. The molecule has 0 radical (unpaired) electrons. The van der Waals surface area contributed by atoms with Crippen LogP contribution in [0, 0.1) is 6.92 Å². The lowest BCUT2D eigenvalue weighted by atomic mass is 10.1. The van der Waals surface area contributed by atoms with Crippen molar-refractivity contribution < 1.29 is 9.84 Å². The van der Waals surface area contributed by atoms with E-state index in [9.17, 15) is 5.11 Å². The monoisotopic (exact) mass is 324 g/mol. The van der Waals surface area contributed by atoms with E-state index in [1.54, 1.807) is 0 Å². The van der Waals surface area contributed by atoms with Crippen LogP contribution in [0.1, 0.15) is 44.6 Å². The first-order valence-electron chi connectivity index (χ1n) is 8.43. The number of aryl methyl sites for hydroxylation is 1. The van der Waals surface area contributed by atoms with Gasteiger partial charge in [0.1, 0.15) is 11.4 Å². The minimum Gasteiger partial charge on any atom is -0.491 e. The Kier molecular flexibility index (Phi) is 4.58. The highest BCUT2D eigenvalue weighted by Crippen LogP contribution is 2.31. The van der Waals surface area contributed by atoms with Gasteiger partial charge in [0.2, 0.25) is 0 Å². The summed E-state index contributed by atoms with van der Waals surface area (Å²) in [6.45, 7) is 8.03. The van der Waals surface area contributed by atoms with Gasteiger partial charge in [-0.05, 0) is 63.1 Å². The molecule has 126 valence electrons. The lowest BCUT2D eigenvalue weighted by Crippen LogP contribution is -2.05. The van der Waals surface area contributed by atoms with E-state index in [0.29, 0.717) is 6.42 Å². The fraction of sp³-hybridized carbons (Fsp3) is 0.350. The number of aromatic nitrogens is 2. The van der Waals surface area contributed by atoms with Crippen molar-refractivity contribution in [2.75, 3.05) is 0 Å². The summed E-state index contributed by atoms with van der Waals surface area (Å²) in [7, 11) is 0. The molecule has 1 unspecified atom stereocenters. The maximum absolute atomic E-state index is 10.5. The van der Waals surface area contributed by atoms with Crippen molar-refractivity contribution in [3.05, 3.63) is 53.9 Å². The molecule has 0 saturated carbocycles. The fourth-order valence-corrected chi connectivity index (χ4v) is 2.86. The summed E-state index contributed by atoms with van der Waals surface area (Å²) in [5, 5.41) is 10.5. The maximum atomic E-state index is 10.5. The van der Waals surface area contributed by atoms with Gasteiger partial charge >= 0.3 is 0 Å². The van der Waals surface area contributed by atoms with Crippen molar-refractivity contribution in [3.8, 4) is 17.0 Å². The number of aliphatic hydroxyl groups excluding tert-OH is 1. The third-order valence-electron chi connectivity index (χ3n) is 4.01. The molecule has 2 heterocycles. The summed E-state index contributed by atoms with van der Waals surface area (Å²) in [6, 6.07) is 11.9. The van der Waals surface area contributed by atoms with Crippen LogP contribution in [0.4, 0.5) is 0 Å². The fourth-order valence-electron chi connectivity index (χ4n) is 2.86. The highest BCUT2D eigenvalue weighted by Gasteiger charge is 2.19. The molecule has 2 aromatic heterocycles. The molecule has 1 aromatic carbocycles. The second-order valence-electron chi connectivity index (χ2n) is 6.40. The Labute approximate surface area is 142 Å². The Bertz CT molecular complexity index is 835. The number of ether oxygens (including phenoxy) is 1. The van der Waals surface area contributed by atoms with Gasteiger partial charge in [-0.25, -0.2) is 4.98 Å². The van der Waals surface area contributed by atoms with Crippen LogP contribution in [0.15, 0.2) is 42.6 Å². The van der Waals surface area contributed by atoms with E-state index in [1.807, 2.05) is 74.7 Å². The largest absolute Gasteiger partial charge is 0.491 e. The van der Waals surface area contributed by atoms with Gasteiger partial charge in [0, 0.05) is 11.8 Å². The smallest absolute Gasteiger partial charge is 0.137 e. The van der Waals surface area contributed by atoms with Gasteiger partial charge in [-0.15, -0.1) is 0 Å². The Morgan fingerprint density at radius 2 is 1.83 bits per heavy atom. The number of hydrogen-bond acceptors (Lipinski definition) is 3. The number of aliphatic hydroxyl groups is 1. The van der Waals surface area contributed by atoms with Gasteiger partial charge in [0.25, 0.3) is 0 Å². The van der Waals surface area contributed by atoms with Crippen molar-refractivity contribution in [2.45, 2.75) is 46.3 Å². The molecule has 1 N–H and O–H groups in total. The summed E-state index contributed by atoms with van der Waals surface area (Å²) in [5.74, 6) is 0.839. The number of rotatable bonds is 5. The van der Waals surface area contributed by atoms with E-state index in [2.05, 4.69) is 0 Å². The standard InChI is InChI=1S/C20H24N2O2/c1-5-17(23)20-19(21-18-11-6-14(4)12-22(18)20)15-7-9-16(10-8-15)24-13(2)3/h6-13,17,23H,5H2,1-4H3. The molecular weight excluding hydrogens is 300 g/mol. The molecule has 0 spiro atoms. The van der Waals surface area contributed by atoms with Crippen LogP contribution in [0.5, 0.6) is 5.75 Å². The molecule has 4 nitrogen and oxygen atoms in total. The molecule has 0 fully saturated rings. The van der Waals surface area contributed by atoms with E-state index < -0.39 is 6.10 Å². The van der Waals surface area contributed by atoms with Gasteiger partial charge in [-0.1, -0.05) is 13.0 Å². The molecule has 24 heavy (non-hydrogen) atoms. The maximum Gasteiger partial charge on any atom is 0.137 e. The van der Waals surface area contributed by atoms with E-state index >= 15 is 0 Å². The zero-order valence-corrected chi connectivity index (χ0v) is 14.7. The van der Waals surface area contributed by atoms with Crippen molar-refractivity contribution in [1.29, 1.82) is 0 Å². The van der Waals surface area contributed by atoms with Crippen molar-refractivity contribution in [1.82, 2.24) is 9.38 Å². The molecular formula is C20H24N2O2. The highest BCUT2D eigenvalue weighted by atomic mass is 16.5. The van der Waals surface area contributed by atoms with Crippen molar-refractivity contribution in [2.24, 2.45) is 0 Å². The van der Waals surface area contributed by atoms with E-state index in [-0.39, 0.29) is 6.10 Å². The van der Waals surface area contributed by atoms with Crippen molar-refractivity contribution >= 4 is 5.65 Å². The summed E-state index contributed by atoms with van der Waals surface area (Å²) < 4.78 is 7.70. The quantitative estimate of drug-likeness (QED) is 0.749. The molecule has 3 aromatic rings. The lowest BCUT2D eigenvalue weighted by Gasteiger charge is -2.12. The molecule has 3 rings (SSSR count). The number of imidazole rings is 1. The molecule has 0 bridgehead atoms. The average Bonchev–Trinajstić information content (AvgIpc) is 2.92. The minimum absolute atomic E-state index is 0.145. The summed E-state index contributed by atoms with van der Waals surface area (Å²) >= 11 is 0. The first kappa shape index (κ1) is 16.5. The molecule has 0 saturated heterocycles. The molecule has 1 atom stereocenters. The Morgan fingerprint density at radius 1 is 1.12 bits per heavy atom. The molecule has 0 aliphatic rings. The number of fused-ring (bicyclic) bond motifs is 1. The van der Waals surface area contributed by atoms with Gasteiger partial charge in [-0.3, -0.25) is 0 Å². The second kappa shape index (κ2) is 6.65. The first-order chi connectivity index (χ1) is 11.5. The van der Waals surface area contributed by atoms with Crippen LogP contribution in [0.2, 0.25) is 0 Å². The van der Waals surface area contributed by atoms with Crippen LogP contribution >= 0.6 is 0 Å². The number of pyridine rings is 1. The van der Waals surface area contributed by atoms with E-state index in [1.165, 1.54) is 0 Å². The van der Waals surface area contributed by atoms with E-state index in [4.69, 9.17) is 9.72 Å². The van der Waals surface area contributed by atoms with E-state index in [0.717, 1.165) is 33.9 Å². The first-order valence-corrected chi connectivity index (χ1v) is 8.43. The molecule has 0 aliphatic heterocycles. The SMILES string of the molecule is CCC(O)c1c(-c2ccc(OC(C)C)cc2)nc2ccc(C)cn12. The lowest BCUT2D eigenvalue weighted by molar-refractivity contribution is 0.168. The Balaban J connectivity index is 2.11. The summed E-state index contributed by atoms with van der Waals surface area (Å²) in [5.41, 5.74) is 4.63. The van der Waals surface area contributed by atoms with Gasteiger partial charge in [-0.2, -0.15) is 0 Å². The van der Waals surface area contributed by atoms with Gasteiger partial charge in [0.05, 0.1) is 23.6 Å². The number of hydrogen-bond donors (Lipinski definition) is 1. The van der Waals surface area contributed by atoms with Crippen LogP contribution < -0.4 is 4.74 Å². The van der Waals surface area contributed by atoms with Crippen LogP contribution in [0.25, 0.3) is 16.9 Å². The third-order valence-corrected chi connectivity index (χ3v) is 4.01. The predicted octanol–water partition coefficient (Wildman–Crippen LogP) is 4.54. The number of benzene rings is 1. The predicted molar refractivity (Wildman–Crippen MR) is 96.4 cm³/mol. The zero-order chi connectivity index (χ0) is 17.3. The third kappa shape index (κ3) is 3.15. The van der Waals surface area contributed by atoms with Crippen LogP contribution in [0.3, 0.4) is 0 Å². The molecule has 0 aliphatic carbocycles. The van der Waals surface area contributed by atoms with Gasteiger partial charge < -0.3 is 14.2 Å². The Hall–Kier alpha value is -2.33. The summed E-state index contributed by atoms with van der Waals surface area (Å²) in [4.78, 5) is 4.75. The minimum atomic E-state index is -0.552. The van der Waals surface area contributed by atoms with Crippen LogP contribution in [-0.4, -0.2) is 20.6 Å². The molecule has 0 amide bonds. The number of nitrogens with zero attached hydrogens (tertiary/aromatic N) is 2. The second-order valence-corrected chi connectivity index (χ2v) is 6.40. The zero-order valence-electron chi connectivity index (χ0n) is 14.7. The topological polar surface area (TPSA) is 46.8 Å². The highest BCUT2D eigenvalue weighted by molar-refractivity contribution is 5.67. The summed E-state index contributed by atoms with van der Waals surface area (Å²) in [6.07, 6.45) is 2.26. The van der Waals surface area contributed by atoms with Crippen LogP contribution in [-0.2, 0) is 0 Å².